The molecule has 0 aliphatic carbocycles. The fourth-order valence-electron chi connectivity index (χ4n) is 3.10. The van der Waals surface area contributed by atoms with Crippen LogP contribution in [0.3, 0.4) is 0 Å². The quantitative estimate of drug-likeness (QED) is 0.553. The standard InChI is InChI=1S/C21H25N3O4S/c1-26-17-11-13(12-18(27-2)19(17)28-3)21(25)24-16(9-10-29-4)20-22-14-7-5-6-8-15(14)23-20/h5-8,11-12,16H,9-10H2,1-4H3,(H,22,23)(H,24,25). The third-order valence-corrected chi connectivity index (χ3v) is 5.22. The Kier molecular flexibility index (Phi) is 6.87. The lowest BCUT2D eigenvalue weighted by molar-refractivity contribution is 0.0933. The Labute approximate surface area is 174 Å². The third kappa shape index (κ3) is 4.59. The van der Waals surface area contributed by atoms with Crippen molar-refractivity contribution in [1.29, 1.82) is 0 Å². The molecule has 0 bridgehead atoms. The van der Waals surface area contributed by atoms with Crippen LogP contribution in [0.4, 0.5) is 0 Å². The number of nitrogens with zero attached hydrogens (tertiary/aromatic N) is 1. The maximum Gasteiger partial charge on any atom is 0.252 e. The van der Waals surface area contributed by atoms with Gasteiger partial charge in [0.2, 0.25) is 5.75 Å². The fourth-order valence-corrected chi connectivity index (χ4v) is 3.58. The van der Waals surface area contributed by atoms with Gasteiger partial charge in [-0.05, 0) is 42.7 Å². The van der Waals surface area contributed by atoms with Crippen molar-refractivity contribution in [2.75, 3.05) is 33.3 Å². The SMILES string of the molecule is COc1cc(C(=O)NC(CCSC)c2nc3ccccc3[nH]2)cc(OC)c1OC. The highest BCUT2D eigenvalue weighted by molar-refractivity contribution is 7.98. The summed E-state index contributed by atoms with van der Waals surface area (Å²) in [4.78, 5) is 21.0. The van der Waals surface area contributed by atoms with Crippen molar-refractivity contribution in [3.8, 4) is 17.2 Å². The van der Waals surface area contributed by atoms with E-state index in [1.165, 1.54) is 21.3 Å². The topological polar surface area (TPSA) is 85.5 Å². The number of aromatic nitrogens is 2. The normalized spacial score (nSPS) is 11.9. The molecule has 3 rings (SSSR count). The van der Waals surface area contributed by atoms with Crippen LogP contribution in [0.25, 0.3) is 11.0 Å². The van der Waals surface area contributed by atoms with Gasteiger partial charge < -0.3 is 24.5 Å². The zero-order valence-electron chi connectivity index (χ0n) is 16.9. The minimum atomic E-state index is -0.249. The number of para-hydroxylation sites is 2. The van der Waals surface area contributed by atoms with E-state index < -0.39 is 0 Å². The van der Waals surface area contributed by atoms with Crippen LogP contribution in [0, 0.1) is 0 Å². The van der Waals surface area contributed by atoms with Gasteiger partial charge in [-0.1, -0.05) is 12.1 Å². The largest absolute Gasteiger partial charge is 0.493 e. The summed E-state index contributed by atoms with van der Waals surface area (Å²) in [5.41, 5.74) is 2.24. The molecule has 0 aliphatic heterocycles. The monoisotopic (exact) mass is 415 g/mol. The number of ether oxygens (including phenoxy) is 3. The van der Waals surface area contributed by atoms with Gasteiger partial charge in [-0.3, -0.25) is 4.79 Å². The third-order valence-electron chi connectivity index (χ3n) is 4.58. The zero-order valence-corrected chi connectivity index (χ0v) is 17.8. The summed E-state index contributed by atoms with van der Waals surface area (Å²) >= 11 is 1.72. The first kappa shape index (κ1) is 20.9. The number of hydrogen-bond acceptors (Lipinski definition) is 6. The van der Waals surface area contributed by atoms with Crippen LogP contribution >= 0.6 is 11.8 Å². The molecule has 3 aromatic rings. The molecular formula is C21H25N3O4S. The number of thioether (sulfide) groups is 1. The smallest absolute Gasteiger partial charge is 0.252 e. The second-order valence-electron chi connectivity index (χ2n) is 6.36. The molecule has 154 valence electrons. The van der Waals surface area contributed by atoms with Crippen LogP contribution in [0.1, 0.15) is 28.6 Å². The van der Waals surface area contributed by atoms with Crippen molar-refractivity contribution < 1.29 is 19.0 Å². The van der Waals surface area contributed by atoms with E-state index >= 15 is 0 Å². The maximum atomic E-state index is 13.0. The number of methoxy groups -OCH3 is 3. The molecule has 2 N–H and O–H groups in total. The van der Waals surface area contributed by atoms with E-state index in [1.54, 1.807) is 23.9 Å². The number of amides is 1. The number of rotatable bonds is 9. The van der Waals surface area contributed by atoms with Crippen LogP contribution in [0.15, 0.2) is 36.4 Å². The average molecular weight is 416 g/mol. The molecule has 1 atom stereocenters. The lowest BCUT2D eigenvalue weighted by Crippen LogP contribution is -2.29. The summed E-state index contributed by atoms with van der Waals surface area (Å²) in [6, 6.07) is 10.8. The first-order chi connectivity index (χ1) is 14.1. The maximum absolute atomic E-state index is 13.0. The van der Waals surface area contributed by atoms with E-state index in [0.717, 1.165) is 29.0 Å². The van der Waals surface area contributed by atoms with E-state index in [0.29, 0.717) is 22.8 Å². The van der Waals surface area contributed by atoms with E-state index in [1.807, 2.05) is 30.5 Å². The van der Waals surface area contributed by atoms with Crippen molar-refractivity contribution in [3.63, 3.8) is 0 Å². The van der Waals surface area contributed by atoms with Crippen molar-refractivity contribution in [1.82, 2.24) is 15.3 Å². The predicted molar refractivity (Wildman–Crippen MR) is 115 cm³/mol. The van der Waals surface area contributed by atoms with Gasteiger partial charge in [-0.15, -0.1) is 0 Å². The molecule has 1 aromatic heterocycles. The molecule has 0 saturated heterocycles. The van der Waals surface area contributed by atoms with Crippen molar-refractivity contribution in [3.05, 3.63) is 47.8 Å². The van der Waals surface area contributed by atoms with Crippen molar-refractivity contribution in [2.24, 2.45) is 0 Å². The van der Waals surface area contributed by atoms with Gasteiger partial charge in [0, 0.05) is 5.56 Å². The molecule has 0 saturated carbocycles. The predicted octanol–water partition coefficient (Wildman–Crippen LogP) is 3.81. The summed E-state index contributed by atoms with van der Waals surface area (Å²) in [5.74, 6) is 2.69. The summed E-state index contributed by atoms with van der Waals surface area (Å²) in [7, 11) is 4.57. The molecule has 0 radical (unpaired) electrons. The Morgan fingerprint density at radius 3 is 2.41 bits per heavy atom. The Morgan fingerprint density at radius 2 is 1.83 bits per heavy atom. The highest BCUT2D eigenvalue weighted by Crippen LogP contribution is 2.38. The first-order valence-corrected chi connectivity index (χ1v) is 10.5. The number of imidazole rings is 1. The number of carbonyl (C=O) groups is 1. The molecule has 1 amide bonds. The second kappa shape index (κ2) is 9.56. The molecule has 29 heavy (non-hydrogen) atoms. The average Bonchev–Trinajstić information content (AvgIpc) is 3.19. The lowest BCUT2D eigenvalue weighted by Gasteiger charge is -2.18. The van der Waals surface area contributed by atoms with Gasteiger partial charge in [-0.2, -0.15) is 11.8 Å². The summed E-state index contributed by atoms with van der Waals surface area (Å²) in [6.07, 6.45) is 2.79. The Hall–Kier alpha value is -2.87. The number of nitrogens with one attached hydrogen (secondary N) is 2. The number of hydrogen-bond donors (Lipinski definition) is 2. The van der Waals surface area contributed by atoms with Crippen LogP contribution < -0.4 is 19.5 Å². The number of aromatic amines is 1. The molecule has 0 aliphatic rings. The molecule has 0 spiro atoms. The Morgan fingerprint density at radius 1 is 1.14 bits per heavy atom. The van der Waals surface area contributed by atoms with E-state index in [4.69, 9.17) is 14.2 Å². The molecule has 1 unspecified atom stereocenters. The van der Waals surface area contributed by atoms with Crippen molar-refractivity contribution in [2.45, 2.75) is 12.5 Å². The molecule has 2 aromatic carbocycles. The van der Waals surface area contributed by atoms with Gasteiger partial charge in [0.05, 0.1) is 38.4 Å². The lowest BCUT2D eigenvalue weighted by atomic mass is 10.1. The molecule has 1 heterocycles. The summed E-state index contributed by atoms with van der Waals surface area (Å²) in [6.45, 7) is 0. The number of carbonyl (C=O) groups excluding carboxylic acids is 1. The van der Waals surface area contributed by atoms with E-state index in [-0.39, 0.29) is 11.9 Å². The van der Waals surface area contributed by atoms with Gasteiger partial charge in [0.1, 0.15) is 5.82 Å². The number of benzene rings is 2. The van der Waals surface area contributed by atoms with Gasteiger partial charge in [0.25, 0.3) is 5.91 Å². The number of H-pyrrole nitrogens is 1. The van der Waals surface area contributed by atoms with Gasteiger partial charge in [-0.25, -0.2) is 4.98 Å². The minimum absolute atomic E-state index is 0.240. The van der Waals surface area contributed by atoms with Gasteiger partial charge in [0.15, 0.2) is 11.5 Å². The van der Waals surface area contributed by atoms with Crippen molar-refractivity contribution >= 4 is 28.7 Å². The Balaban J connectivity index is 1.90. The highest BCUT2D eigenvalue weighted by atomic mass is 32.2. The van der Waals surface area contributed by atoms with E-state index in [9.17, 15) is 4.79 Å². The van der Waals surface area contributed by atoms with Crippen LogP contribution in [-0.4, -0.2) is 49.2 Å². The fraction of sp³-hybridized carbons (Fsp3) is 0.333. The Bertz CT molecular complexity index is 931. The first-order valence-electron chi connectivity index (χ1n) is 9.15. The van der Waals surface area contributed by atoms with Crippen LogP contribution in [0.2, 0.25) is 0 Å². The summed E-state index contributed by atoms with van der Waals surface area (Å²) in [5, 5.41) is 3.09. The van der Waals surface area contributed by atoms with Gasteiger partial charge >= 0.3 is 0 Å². The highest BCUT2D eigenvalue weighted by Gasteiger charge is 2.22. The van der Waals surface area contributed by atoms with E-state index in [2.05, 4.69) is 15.3 Å². The number of fused-ring (bicyclic) bond motifs is 1. The molecule has 7 nitrogen and oxygen atoms in total. The molecule has 8 heteroatoms. The summed E-state index contributed by atoms with van der Waals surface area (Å²) < 4.78 is 16.0. The zero-order chi connectivity index (χ0) is 20.8. The minimum Gasteiger partial charge on any atom is -0.493 e. The van der Waals surface area contributed by atoms with Crippen LogP contribution in [-0.2, 0) is 0 Å². The second-order valence-corrected chi connectivity index (χ2v) is 7.35. The van der Waals surface area contributed by atoms with Crippen LogP contribution in [0.5, 0.6) is 17.2 Å². The molecular weight excluding hydrogens is 390 g/mol. The molecule has 0 fully saturated rings.